The first-order chi connectivity index (χ1) is 13.6. The van der Waals surface area contributed by atoms with Gasteiger partial charge in [0.15, 0.2) is 0 Å². The number of nitrogens with one attached hydrogen (secondary N) is 1. The number of morpholine rings is 1. The lowest BCUT2D eigenvalue weighted by Gasteiger charge is -2.24. The van der Waals surface area contributed by atoms with Crippen LogP contribution in [0.25, 0.3) is 22.0 Å². The molecule has 1 aliphatic carbocycles. The van der Waals surface area contributed by atoms with Gasteiger partial charge in [-0.1, -0.05) is 0 Å². The summed E-state index contributed by atoms with van der Waals surface area (Å²) in [4.78, 5) is 4.45. The Hall–Kier alpha value is -2.51. The van der Waals surface area contributed by atoms with Gasteiger partial charge in [-0.2, -0.15) is 0 Å². The lowest BCUT2D eigenvalue weighted by Crippen LogP contribution is -2.41. The maximum atomic E-state index is 13.4. The summed E-state index contributed by atoms with van der Waals surface area (Å²) in [7, 11) is 0. The molecule has 1 N–H and O–H groups in total. The maximum Gasteiger partial charge on any atom is 0.270 e. The molecule has 0 spiro atoms. The largest absolute Gasteiger partial charge is 0.490 e. The van der Waals surface area contributed by atoms with Crippen LogP contribution in [0.4, 0.5) is 8.78 Å². The number of alkyl halides is 2. The van der Waals surface area contributed by atoms with E-state index in [1.165, 1.54) is 0 Å². The number of hydrogen-bond donors (Lipinski definition) is 1. The van der Waals surface area contributed by atoms with Crippen LogP contribution in [-0.2, 0) is 4.74 Å². The van der Waals surface area contributed by atoms with Crippen molar-refractivity contribution in [3.8, 4) is 16.9 Å². The van der Waals surface area contributed by atoms with Crippen molar-refractivity contribution in [2.75, 3.05) is 26.3 Å². The van der Waals surface area contributed by atoms with Crippen LogP contribution in [-0.4, -0.2) is 47.9 Å². The SMILES string of the molecule is FC1(F)CC1n1ccc(-c2cc(OC[C@@H]3CNCCO3)c3cccnc3c2)c1. The quantitative estimate of drug-likeness (QED) is 0.728. The van der Waals surface area contributed by atoms with Crippen molar-refractivity contribution in [2.24, 2.45) is 0 Å². The number of aromatic nitrogens is 2. The minimum Gasteiger partial charge on any atom is -0.490 e. The number of benzene rings is 1. The first kappa shape index (κ1) is 17.6. The second kappa shape index (κ2) is 6.83. The van der Waals surface area contributed by atoms with Crippen molar-refractivity contribution in [3.05, 3.63) is 48.9 Å². The molecule has 2 aliphatic rings. The number of pyridine rings is 1. The number of fused-ring (bicyclic) bond motifs is 1. The second-order valence-corrected chi connectivity index (χ2v) is 7.38. The van der Waals surface area contributed by atoms with Crippen LogP contribution < -0.4 is 10.1 Å². The Balaban J connectivity index is 1.44. The predicted molar refractivity (Wildman–Crippen MR) is 102 cm³/mol. The third-order valence-electron chi connectivity index (χ3n) is 5.31. The summed E-state index contributed by atoms with van der Waals surface area (Å²) in [5.74, 6) is -1.87. The summed E-state index contributed by atoms with van der Waals surface area (Å²) in [5.41, 5.74) is 2.57. The number of hydrogen-bond acceptors (Lipinski definition) is 4. The zero-order valence-corrected chi connectivity index (χ0v) is 15.3. The van der Waals surface area contributed by atoms with Gasteiger partial charge in [0, 0.05) is 43.5 Å². The number of ether oxygens (including phenoxy) is 2. The van der Waals surface area contributed by atoms with Gasteiger partial charge in [0.1, 0.15) is 24.5 Å². The third kappa shape index (κ3) is 3.36. The zero-order chi connectivity index (χ0) is 19.1. The molecule has 146 valence electrons. The van der Waals surface area contributed by atoms with Crippen LogP contribution in [0.15, 0.2) is 48.9 Å². The van der Waals surface area contributed by atoms with E-state index >= 15 is 0 Å². The van der Waals surface area contributed by atoms with E-state index in [9.17, 15) is 8.78 Å². The van der Waals surface area contributed by atoms with Gasteiger partial charge in [-0.15, -0.1) is 0 Å². The zero-order valence-electron chi connectivity index (χ0n) is 15.3. The van der Waals surface area contributed by atoms with Gasteiger partial charge >= 0.3 is 0 Å². The van der Waals surface area contributed by atoms with Gasteiger partial charge in [-0.3, -0.25) is 4.98 Å². The Morgan fingerprint density at radius 1 is 1.29 bits per heavy atom. The van der Waals surface area contributed by atoms with Crippen molar-refractivity contribution in [1.82, 2.24) is 14.9 Å². The number of halogens is 2. The summed E-state index contributed by atoms with van der Waals surface area (Å²) in [6.45, 7) is 2.73. The molecule has 1 saturated carbocycles. The number of rotatable bonds is 5. The molecule has 5 nitrogen and oxygen atoms in total. The highest BCUT2D eigenvalue weighted by molar-refractivity contribution is 5.90. The maximum absolute atomic E-state index is 13.4. The summed E-state index contributed by atoms with van der Waals surface area (Å²) in [6, 6.07) is 8.88. The Bertz CT molecular complexity index is 998. The van der Waals surface area contributed by atoms with Crippen LogP contribution in [0.2, 0.25) is 0 Å². The van der Waals surface area contributed by atoms with E-state index in [1.54, 1.807) is 23.2 Å². The fourth-order valence-electron chi connectivity index (χ4n) is 3.64. The van der Waals surface area contributed by atoms with Gasteiger partial charge < -0.3 is 19.4 Å². The molecule has 2 atom stereocenters. The van der Waals surface area contributed by atoms with Gasteiger partial charge in [-0.05, 0) is 41.5 Å². The van der Waals surface area contributed by atoms with Crippen LogP contribution in [0, 0.1) is 0 Å². The topological polar surface area (TPSA) is 48.3 Å². The minimum absolute atomic E-state index is 0.00214. The van der Waals surface area contributed by atoms with E-state index in [2.05, 4.69) is 10.3 Å². The molecule has 3 aromatic rings. The monoisotopic (exact) mass is 385 g/mol. The Morgan fingerprint density at radius 3 is 2.96 bits per heavy atom. The average Bonchev–Trinajstić information content (AvgIpc) is 3.13. The molecule has 5 rings (SSSR count). The molecule has 28 heavy (non-hydrogen) atoms. The van der Waals surface area contributed by atoms with Crippen molar-refractivity contribution < 1.29 is 18.3 Å². The average molecular weight is 385 g/mol. The van der Waals surface area contributed by atoms with Crippen molar-refractivity contribution in [3.63, 3.8) is 0 Å². The lowest BCUT2D eigenvalue weighted by atomic mass is 10.1. The molecule has 0 radical (unpaired) electrons. The van der Waals surface area contributed by atoms with Gasteiger partial charge in [0.05, 0.1) is 12.1 Å². The Labute approximate surface area is 161 Å². The van der Waals surface area contributed by atoms with Crippen LogP contribution in [0.5, 0.6) is 5.75 Å². The van der Waals surface area contributed by atoms with Crippen molar-refractivity contribution in [2.45, 2.75) is 24.5 Å². The summed E-state index contributed by atoms with van der Waals surface area (Å²) in [5, 5.41) is 4.21. The first-order valence-electron chi connectivity index (χ1n) is 9.50. The molecule has 1 aliphatic heterocycles. The minimum atomic E-state index is -2.59. The van der Waals surface area contributed by atoms with Crippen LogP contribution in [0.3, 0.4) is 0 Å². The second-order valence-electron chi connectivity index (χ2n) is 7.38. The molecule has 0 amide bonds. The Kier molecular flexibility index (Phi) is 4.29. The van der Waals surface area contributed by atoms with Crippen molar-refractivity contribution >= 4 is 10.9 Å². The van der Waals surface area contributed by atoms with Crippen LogP contribution in [0.1, 0.15) is 12.5 Å². The molecular formula is C21H21F2N3O2. The standard InChI is InChI=1S/C21H21F2N3O2/c22-21(23)10-20(21)26-6-3-14(12-26)15-8-18-17(2-1-4-25-18)19(9-15)28-13-16-11-24-5-7-27-16/h1-4,6,8-9,12,16,20,24H,5,7,10-11,13H2/t16-,20?/m0/s1. The van der Waals surface area contributed by atoms with E-state index in [1.807, 2.05) is 30.3 Å². The molecule has 1 unspecified atom stereocenters. The van der Waals surface area contributed by atoms with Gasteiger partial charge in [-0.25, -0.2) is 8.78 Å². The molecule has 2 fully saturated rings. The van der Waals surface area contributed by atoms with Crippen LogP contribution >= 0.6 is 0 Å². The molecule has 2 aromatic heterocycles. The van der Waals surface area contributed by atoms with E-state index in [0.29, 0.717) is 13.2 Å². The molecular weight excluding hydrogens is 364 g/mol. The van der Waals surface area contributed by atoms with E-state index in [-0.39, 0.29) is 12.5 Å². The van der Waals surface area contributed by atoms with Crippen molar-refractivity contribution in [1.29, 1.82) is 0 Å². The summed E-state index contributed by atoms with van der Waals surface area (Å²) < 4.78 is 40.1. The summed E-state index contributed by atoms with van der Waals surface area (Å²) >= 11 is 0. The van der Waals surface area contributed by atoms with Gasteiger partial charge in [0.25, 0.3) is 5.92 Å². The smallest absolute Gasteiger partial charge is 0.270 e. The predicted octanol–water partition coefficient (Wildman–Crippen LogP) is 3.65. The third-order valence-corrected chi connectivity index (χ3v) is 5.31. The molecule has 7 heteroatoms. The highest BCUT2D eigenvalue weighted by Gasteiger charge is 2.58. The molecule has 3 heterocycles. The summed E-state index contributed by atoms with van der Waals surface area (Å²) in [6.07, 6.45) is 5.13. The van der Waals surface area contributed by atoms with Gasteiger partial charge in [0.2, 0.25) is 0 Å². The highest BCUT2D eigenvalue weighted by atomic mass is 19.3. The number of nitrogens with zero attached hydrogens (tertiary/aromatic N) is 2. The fourth-order valence-corrected chi connectivity index (χ4v) is 3.64. The molecule has 1 aromatic carbocycles. The van der Waals surface area contributed by atoms with E-state index in [0.717, 1.165) is 40.9 Å². The molecule has 1 saturated heterocycles. The molecule has 0 bridgehead atoms. The first-order valence-corrected chi connectivity index (χ1v) is 9.50. The van der Waals surface area contributed by atoms with E-state index < -0.39 is 12.0 Å². The normalized spacial score (nSPS) is 23.6. The highest BCUT2D eigenvalue weighted by Crippen LogP contribution is 2.52. The fraction of sp³-hybridized carbons (Fsp3) is 0.381. The van der Waals surface area contributed by atoms with E-state index in [4.69, 9.17) is 9.47 Å². The lowest BCUT2D eigenvalue weighted by molar-refractivity contribution is 0.000518. The Morgan fingerprint density at radius 2 is 2.18 bits per heavy atom.